The number of hydrogen-bond donors (Lipinski definition) is 1. The average Bonchev–Trinajstić information content (AvgIpc) is 2.97. The van der Waals surface area contributed by atoms with Crippen LogP contribution in [0.3, 0.4) is 0 Å². The number of thioether (sulfide) groups is 1. The van der Waals surface area contributed by atoms with Crippen molar-refractivity contribution in [3.05, 3.63) is 58.8 Å². The van der Waals surface area contributed by atoms with Gasteiger partial charge in [0.1, 0.15) is 0 Å². The van der Waals surface area contributed by atoms with E-state index in [1.165, 1.54) is 11.8 Å². The van der Waals surface area contributed by atoms with Crippen molar-refractivity contribution in [1.29, 1.82) is 0 Å². The molecule has 1 amide bonds. The van der Waals surface area contributed by atoms with E-state index in [0.717, 1.165) is 17.1 Å². The summed E-state index contributed by atoms with van der Waals surface area (Å²) >= 11 is 1.36. The summed E-state index contributed by atoms with van der Waals surface area (Å²) in [5.41, 5.74) is 2.99. The van der Waals surface area contributed by atoms with Crippen LogP contribution >= 0.6 is 11.8 Å². The molecule has 2 aromatic rings. The van der Waals surface area contributed by atoms with Crippen LogP contribution < -0.4 is 5.32 Å². The quantitative estimate of drug-likeness (QED) is 0.865. The molecular weight excluding hydrogens is 282 g/mol. The highest BCUT2D eigenvalue weighted by Crippen LogP contribution is 2.28. The van der Waals surface area contributed by atoms with Gasteiger partial charge < -0.3 is 9.88 Å². The molecule has 5 heteroatoms. The molecule has 2 heterocycles. The Morgan fingerprint density at radius 3 is 2.62 bits per heavy atom. The molecular formula is C16H15N3OS. The highest BCUT2D eigenvalue weighted by Gasteiger charge is 2.24. The molecule has 1 saturated heterocycles. The zero-order chi connectivity index (χ0) is 14.8. The van der Waals surface area contributed by atoms with Crippen LogP contribution in [0.25, 0.3) is 6.08 Å². The second-order valence-corrected chi connectivity index (χ2v) is 5.81. The molecule has 3 rings (SSSR count). The van der Waals surface area contributed by atoms with E-state index in [9.17, 15) is 4.79 Å². The Labute approximate surface area is 127 Å². The number of nitrogens with zero attached hydrogens (tertiary/aromatic N) is 2. The van der Waals surface area contributed by atoms with Crippen LogP contribution in [0.1, 0.15) is 11.4 Å². The molecule has 1 N–H and O–H groups in total. The fourth-order valence-electron chi connectivity index (χ4n) is 2.01. The van der Waals surface area contributed by atoms with Crippen molar-refractivity contribution < 1.29 is 4.79 Å². The third-order valence-corrected chi connectivity index (χ3v) is 4.24. The lowest BCUT2D eigenvalue weighted by Gasteiger charge is -2.00. The molecule has 1 aromatic carbocycles. The normalized spacial score (nSPS) is 18.5. The first kappa shape index (κ1) is 13.7. The number of benzene rings is 1. The van der Waals surface area contributed by atoms with Crippen molar-refractivity contribution in [2.45, 2.75) is 6.92 Å². The summed E-state index contributed by atoms with van der Waals surface area (Å²) in [5.74, 6) is -0.103. The molecule has 0 unspecified atom stereocenters. The molecule has 0 saturated carbocycles. The number of para-hydroxylation sites is 1. The number of amides is 1. The highest BCUT2D eigenvalue weighted by atomic mass is 32.2. The highest BCUT2D eigenvalue weighted by molar-refractivity contribution is 8.18. The van der Waals surface area contributed by atoms with Gasteiger partial charge in [-0.2, -0.15) is 0 Å². The van der Waals surface area contributed by atoms with E-state index in [1.54, 1.807) is 0 Å². The van der Waals surface area contributed by atoms with Crippen LogP contribution in [0, 0.1) is 6.92 Å². The van der Waals surface area contributed by atoms with Crippen molar-refractivity contribution in [2.24, 2.45) is 12.0 Å². The number of hydrogen-bond acceptors (Lipinski definition) is 3. The van der Waals surface area contributed by atoms with E-state index in [1.807, 2.05) is 67.1 Å². The number of nitrogens with one attached hydrogen (secondary N) is 1. The minimum atomic E-state index is -0.103. The van der Waals surface area contributed by atoms with E-state index >= 15 is 0 Å². The Balaban J connectivity index is 1.85. The molecule has 0 bridgehead atoms. The molecule has 4 nitrogen and oxygen atoms in total. The lowest BCUT2D eigenvalue weighted by molar-refractivity contribution is -0.115. The number of carbonyl (C=O) groups excluding carboxylic acids is 1. The first-order valence-electron chi connectivity index (χ1n) is 6.60. The zero-order valence-electron chi connectivity index (χ0n) is 11.8. The lowest BCUT2D eigenvalue weighted by atomic mass is 10.3. The van der Waals surface area contributed by atoms with E-state index < -0.39 is 0 Å². The summed E-state index contributed by atoms with van der Waals surface area (Å²) in [5, 5.41) is 3.41. The maximum Gasteiger partial charge on any atom is 0.264 e. The van der Waals surface area contributed by atoms with Crippen molar-refractivity contribution in [2.75, 3.05) is 0 Å². The largest absolute Gasteiger partial charge is 0.348 e. The number of aryl methyl sites for hydroxylation is 1. The van der Waals surface area contributed by atoms with Gasteiger partial charge in [-0.25, -0.2) is 4.99 Å². The van der Waals surface area contributed by atoms with Gasteiger partial charge in [-0.3, -0.25) is 4.79 Å². The van der Waals surface area contributed by atoms with Gasteiger partial charge in [0.15, 0.2) is 5.17 Å². The molecule has 1 fully saturated rings. The summed E-state index contributed by atoms with van der Waals surface area (Å²) in [7, 11) is 1.98. The van der Waals surface area contributed by atoms with Crippen LogP contribution in [0.5, 0.6) is 0 Å². The van der Waals surface area contributed by atoms with E-state index in [2.05, 4.69) is 10.3 Å². The Morgan fingerprint density at radius 1 is 1.19 bits per heavy atom. The maximum absolute atomic E-state index is 12.0. The minimum Gasteiger partial charge on any atom is -0.348 e. The Kier molecular flexibility index (Phi) is 3.66. The predicted octanol–water partition coefficient (Wildman–Crippen LogP) is 3.23. The monoisotopic (exact) mass is 297 g/mol. The smallest absolute Gasteiger partial charge is 0.264 e. The standard InChI is InChI=1S/C16H15N3OS/c1-11-8-9-13(19(11)2)10-14-15(20)18-16(21-14)17-12-6-4-3-5-7-12/h3-10H,1-2H3,(H,17,18,20)/b14-10-. The molecule has 106 valence electrons. The lowest BCUT2D eigenvalue weighted by Crippen LogP contribution is -2.19. The van der Waals surface area contributed by atoms with Gasteiger partial charge >= 0.3 is 0 Å². The third kappa shape index (κ3) is 2.92. The summed E-state index contributed by atoms with van der Waals surface area (Å²) in [6.07, 6.45) is 1.89. The second-order valence-electron chi connectivity index (χ2n) is 4.78. The first-order chi connectivity index (χ1) is 10.1. The number of aromatic nitrogens is 1. The number of aliphatic imine (C=N–C) groups is 1. The minimum absolute atomic E-state index is 0.103. The van der Waals surface area contributed by atoms with Crippen LogP contribution in [0.15, 0.2) is 52.4 Å². The second kappa shape index (κ2) is 5.61. The summed E-state index contributed by atoms with van der Waals surface area (Å²) in [4.78, 5) is 17.1. The van der Waals surface area contributed by atoms with Gasteiger partial charge in [0.05, 0.1) is 10.6 Å². The van der Waals surface area contributed by atoms with Crippen LogP contribution in [-0.2, 0) is 11.8 Å². The Morgan fingerprint density at radius 2 is 1.95 bits per heavy atom. The fourth-order valence-corrected chi connectivity index (χ4v) is 2.84. The molecule has 0 radical (unpaired) electrons. The molecule has 0 atom stereocenters. The van der Waals surface area contributed by atoms with Gasteiger partial charge in [-0.05, 0) is 49.0 Å². The van der Waals surface area contributed by atoms with Gasteiger partial charge in [0.25, 0.3) is 5.91 Å². The van der Waals surface area contributed by atoms with Gasteiger partial charge in [0, 0.05) is 18.4 Å². The Bertz CT molecular complexity index is 744. The van der Waals surface area contributed by atoms with Gasteiger partial charge in [0.2, 0.25) is 0 Å². The van der Waals surface area contributed by atoms with Crippen molar-refractivity contribution in [1.82, 2.24) is 9.88 Å². The molecule has 1 aliphatic heterocycles. The van der Waals surface area contributed by atoms with E-state index in [4.69, 9.17) is 0 Å². The van der Waals surface area contributed by atoms with Crippen LogP contribution in [-0.4, -0.2) is 15.6 Å². The third-order valence-electron chi connectivity index (χ3n) is 3.33. The Hall–Kier alpha value is -2.27. The molecule has 21 heavy (non-hydrogen) atoms. The van der Waals surface area contributed by atoms with E-state index in [-0.39, 0.29) is 5.91 Å². The maximum atomic E-state index is 12.0. The number of amidine groups is 1. The number of carbonyl (C=O) groups is 1. The molecule has 1 aliphatic rings. The van der Waals surface area contributed by atoms with E-state index in [0.29, 0.717) is 10.1 Å². The van der Waals surface area contributed by atoms with Crippen molar-refractivity contribution >= 4 is 34.6 Å². The molecule has 0 aliphatic carbocycles. The number of rotatable bonds is 2. The van der Waals surface area contributed by atoms with Crippen molar-refractivity contribution in [3.8, 4) is 0 Å². The zero-order valence-corrected chi connectivity index (χ0v) is 12.6. The van der Waals surface area contributed by atoms with Crippen molar-refractivity contribution in [3.63, 3.8) is 0 Å². The van der Waals surface area contributed by atoms with Gasteiger partial charge in [-0.1, -0.05) is 18.2 Å². The SMILES string of the molecule is Cc1ccc(/C=C2\SC(=Nc3ccccc3)NC2=O)n1C. The fraction of sp³-hybridized carbons (Fsp3) is 0.125. The molecule has 1 aromatic heterocycles. The molecule has 0 spiro atoms. The summed E-state index contributed by atoms with van der Waals surface area (Å²) in [6, 6.07) is 13.6. The summed E-state index contributed by atoms with van der Waals surface area (Å²) in [6.45, 7) is 2.03. The summed E-state index contributed by atoms with van der Waals surface area (Å²) < 4.78 is 2.05. The van der Waals surface area contributed by atoms with Crippen LogP contribution in [0.2, 0.25) is 0 Å². The topological polar surface area (TPSA) is 46.4 Å². The predicted molar refractivity (Wildman–Crippen MR) is 87.4 cm³/mol. The van der Waals surface area contributed by atoms with Crippen LogP contribution in [0.4, 0.5) is 5.69 Å². The van der Waals surface area contributed by atoms with Gasteiger partial charge in [-0.15, -0.1) is 0 Å². The average molecular weight is 297 g/mol. The first-order valence-corrected chi connectivity index (χ1v) is 7.42.